The molecule has 1 N–H and O–H groups in total. The van der Waals surface area contributed by atoms with Crippen LogP contribution >= 0.6 is 0 Å². The Morgan fingerprint density at radius 3 is 2.45 bits per heavy atom. The van der Waals surface area contributed by atoms with Crippen LogP contribution in [0, 0.1) is 5.92 Å². The first kappa shape index (κ1) is 14.2. The summed E-state index contributed by atoms with van der Waals surface area (Å²) in [4.78, 5) is 28.5. The van der Waals surface area contributed by atoms with Gasteiger partial charge in [0.15, 0.2) is 5.92 Å². The third-order valence-corrected chi connectivity index (χ3v) is 2.80. The summed E-state index contributed by atoms with van der Waals surface area (Å²) in [5, 5.41) is 8.25. The van der Waals surface area contributed by atoms with Crippen molar-refractivity contribution in [3.63, 3.8) is 0 Å². The van der Waals surface area contributed by atoms with Crippen LogP contribution in [0.25, 0.3) is 0 Å². The highest BCUT2D eigenvalue weighted by Crippen LogP contribution is 2.23. The maximum absolute atomic E-state index is 12.4. The number of carbonyl (C=O) groups is 2. The van der Waals surface area contributed by atoms with Gasteiger partial charge >= 0.3 is 0 Å². The van der Waals surface area contributed by atoms with Crippen LogP contribution < -0.4 is 10.3 Å². The van der Waals surface area contributed by atoms with Gasteiger partial charge in [0.25, 0.3) is 5.91 Å². The van der Waals surface area contributed by atoms with Crippen LogP contribution in [0.2, 0.25) is 0 Å². The Morgan fingerprint density at radius 1 is 1.30 bits per heavy atom. The van der Waals surface area contributed by atoms with Crippen molar-refractivity contribution >= 4 is 23.2 Å². The van der Waals surface area contributed by atoms with Crippen molar-refractivity contribution < 1.29 is 9.59 Å². The van der Waals surface area contributed by atoms with Crippen molar-refractivity contribution in [1.82, 2.24) is 10.3 Å². The van der Waals surface area contributed by atoms with Gasteiger partial charge in [-0.25, -0.2) is 0 Å². The minimum Gasteiger partial charge on any atom is -0.350 e. The molecule has 0 radical (unpaired) electrons. The molecule has 0 saturated carbocycles. The normalized spacial score (nSPS) is 19.0. The molecule has 2 rings (SSSR count). The van der Waals surface area contributed by atoms with Crippen molar-refractivity contribution in [3.8, 4) is 0 Å². The van der Waals surface area contributed by atoms with E-state index in [-0.39, 0.29) is 17.4 Å². The molecule has 1 aromatic heterocycles. The van der Waals surface area contributed by atoms with E-state index >= 15 is 0 Å². The minimum atomic E-state index is -0.859. The van der Waals surface area contributed by atoms with Crippen LogP contribution in [0.15, 0.2) is 29.6 Å². The van der Waals surface area contributed by atoms with Crippen LogP contribution in [-0.4, -0.2) is 28.0 Å². The summed E-state index contributed by atoms with van der Waals surface area (Å²) < 4.78 is 0. The van der Waals surface area contributed by atoms with Gasteiger partial charge in [-0.05, 0) is 39.8 Å². The minimum absolute atomic E-state index is 0.319. The van der Waals surface area contributed by atoms with Crippen molar-refractivity contribution in [3.05, 3.63) is 24.5 Å². The third kappa shape index (κ3) is 2.84. The topological polar surface area (TPSA) is 74.7 Å². The van der Waals surface area contributed by atoms with Gasteiger partial charge in [0.2, 0.25) is 5.91 Å². The number of hydrogen-bond donors (Lipinski definition) is 1. The van der Waals surface area contributed by atoms with Gasteiger partial charge in [0.1, 0.15) is 0 Å². The molecule has 20 heavy (non-hydrogen) atoms. The first-order valence-electron chi connectivity index (χ1n) is 6.41. The summed E-state index contributed by atoms with van der Waals surface area (Å²) in [5.41, 5.74) is 0.714. The van der Waals surface area contributed by atoms with Crippen molar-refractivity contribution in [1.29, 1.82) is 0 Å². The molecular formula is C14H18N4O2. The summed E-state index contributed by atoms with van der Waals surface area (Å²) in [6.45, 7) is 7.30. The number of aromatic nitrogens is 1. The summed E-state index contributed by atoms with van der Waals surface area (Å²) in [6.07, 6.45) is 3.16. The Hall–Kier alpha value is -2.24. The highest BCUT2D eigenvalue weighted by molar-refractivity contribution is 6.26. The Bertz CT molecular complexity index is 560. The molecule has 0 fully saturated rings. The highest BCUT2D eigenvalue weighted by Gasteiger charge is 2.40. The molecule has 0 aromatic carbocycles. The quantitative estimate of drug-likeness (QED) is 0.827. The second-order valence-corrected chi connectivity index (χ2v) is 5.77. The lowest BCUT2D eigenvalue weighted by Gasteiger charge is -2.22. The van der Waals surface area contributed by atoms with E-state index in [1.165, 1.54) is 5.01 Å². The predicted octanol–water partition coefficient (Wildman–Crippen LogP) is 1.33. The van der Waals surface area contributed by atoms with Gasteiger partial charge in [0, 0.05) is 17.9 Å². The molecule has 1 aliphatic heterocycles. The Morgan fingerprint density at radius 2 is 1.90 bits per heavy atom. The molecule has 106 valence electrons. The van der Waals surface area contributed by atoms with Crippen LogP contribution in [0.3, 0.4) is 0 Å². The molecule has 6 heteroatoms. The summed E-state index contributed by atoms with van der Waals surface area (Å²) in [5.74, 6) is -1.52. The first-order valence-corrected chi connectivity index (χ1v) is 6.41. The maximum Gasteiger partial charge on any atom is 0.265 e. The third-order valence-electron chi connectivity index (χ3n) is 2.80. The van der Waals surface area contributed by atoms with Gasteiger partial charge in [-0.1, -0.05) is 0 Å². The molecule has 1 atom stereocenters. The number of carbonyl (C=O) groups excluding carboxylic acids is 2. The van der Waals surface area contributed by atoms with E-state index < -0.39 is 5.92 Å². The number of nitrogens with one attached hydrogen (secondary N) is 1. The fourth-order valence-electron chi connectivity index (χ4n) is 1.98. The lowest BCUT2D eigenvalue weighted by atomic mass is 10.0. The number of hydrogen-bond acceptors (Lipinski definition) is 4. The second kappa shape index (κ2) is 5.03. The zero-order valence-corrected chi connectivity index (χ0v) is 12.0. The molecule has 0 aliphatic carbocycles. The Kier molecular flexibility index (Phi) is 3.57. The molecule has 1 unspecified atom stereocenters. The number of hydrazone groups is 1. The smallest absolute Gasteiger partial charge is 0.265 e. The van der Waals surface area contributed by atoms with E-state index in [1.807, 2.05) is 20.8 Å². The van der Waals surface area contributed by atoms with Crippen molar-refractivity contribution in [2.24, 2.45) is 11.0 Å². The molecule has 0 bridgehead atoms. The zero-order chi connectivity index (χ0) is 14.9. The SMILES string of the molecule is CC1=NN(c2ccncc2)C(=O)C1C(=O)NC(C)(C)C. The van der Waals surface area contributed by atoms with Gasteiger partial charge in [-0.2, -0.15) is 10.1 Å². The fourth-order valence-corrected chi connectivity index (χ4v) is 1.98. The molecular weight excluding hydrogens is 256 g/mol. The average Bonchev–Trinajstić information content (AvgIpc) is 2.64. The van der Waals surface area contributed by atoms with E-state index in [9.17, 15) is 9.59 Å². The van der Waals surface area contributed by atoms with E-state index in [1.54, 1.807) is 31.5 Å². The number of pyridine rings is 1. The van der Waals surface area contributed by atoms with E-state index in [0.29, 0.717) is 11.4 Å². The fraction of sp³-hybridized carbons (Fsp3) is 0.429. The van der Waals surface area contributed by atoms with Crippen LogP contribution in [0.5, 0.6) is 0 Å². The van der Waals surface area contributed by atoms with Gasteiger partial charge in [0.05, 0.1) is 11.4 Å². The molecule has 1 aliphatic rings. The highest BCUT2D eigenvalue weighted by atomic mass is 16.2. The largest absolute Gasteiger partial charge is 0.350 e. The lowest BCUT2D eigenvalue weighted by molar-refractivity contribution is -0.131. The molecule has 0 saturated heterocycles. The van der Waals surface area contributed by atoms with Crippen molar-refractivity contribution in [2.75, 3.05) is 5.01 Å². The molecule has 1 aromatic rings. The molecule has 2 amide bonds. The van der Waals surface area contributed by atoms with Crippen LogP contribution in [0.1, 0.15) is 27.7 Å². The van der Waals surface area contributed by atoms with E-state index in [0.717, 1.165) is 0 Å². The predicted molar refractivity (Wildman–Crippen MR) is 76.2 cm³/mol. The zero-order valence-electron chi connectivity index (χ0n) is 12.0. The number of nitrogens with zero attached hydrogens (tertiary/aromatic N) is 3. The monoisotopic (exact) mass is 274 g/mol. The van der Waals surface area contributed by atoms with Gasteiger partial charge < -0.3 is 5.32 Å². The number of rotatable bonds is 2. The molecule has 0 spiro atoms. The Labute approximate surface area is 117 Å². The van der Waals surface area contributed by atoms with Crippen LogP contribution in [0.4, 0.5) is 5.69 Å². The average molecular weight is 274 g/mol. The summed E-state index contributed by atoms with van der Waals surface area (Å²) in [7, 11) is 0. The molecule has 2 heterocycles. The maximum atomic E-state index is 12.4. The van der Waals surface area contributed by atoms with Crippen molar-refractivity contribution in [2.45, 2.75) is 33.2 Å². The van der Waals surface area contributed by atoms with Gasteiger partial charge in [-0.15, -0.1) is 0 Å². The first-order chi connectivity index (χ1) is 9.29. The second-order valence-electron chi connectivity index (χ2n) is 5.77. The Balaban J connectivity index is 2.22. The summed E-state index contributed by atoms with van der Waals surface area (Å²) >= 11 is 0. The lowest BCUT2D eigenvalue weighted by Crippen LogP contribution is -2.47. The van der Waals surface area contributed by atoms with Crippen LogP contribution in [-0.2, 0) is 9.59 Å². The van der Waals surface area contributed by atoms with Gasteiger partial charge in [-0.3, -0.25) is 14.6 Å². The standard InChI is InChI=1S/C14H18N4O2/c1-9-11(12(19)16-14(2,3)4)13(20)18(17-9)10-5-7-15-8-6-10/h5-8,11H,1-4H3,(H,16,19). The van der Waals surface area contributed by atoms with E-state index in [4.69, 9.17) is 0 Å². The summed E-state index contributed by atoms with van der Waals surface area (Å²) in [6, 6.07) is 3.36. The number of amides is 2. The number of anilines is 1. The molecule has 6 nitrogen and oxygen atoms in total. The van der Waals surface area contributed by atoms with E-state index in [2.05, 4.69) is 15.4 Å².